The molecular formula is C10H22N2O2S. The predicted molar refractivity (Wildman–Crippen MR) is 64.0 cm³/mol. The molecule has 0 aliphatic heterocycles. The minimum atomic E-state index is -0.833. The van der Waals surface area contributed by atoms with Gasteiger partial charge < -0.3 is 11.1 Å². The van der Waals surface area contributed by atoms with Crippen LogP contribution in [0.1, 0.15) is 27.7 Å². The van der Waals surface area contributed by atoms with E-state index in [9.17, 15) is 9.00 Å². The molecule has 1 unspecified atom stereocenters. The molecule has 0 fully saturated rings. The third-order valence-electron chi connectivity index (χ3n) is 2.17. The maximum atomic E-state index is 11.5. The normalized spacial score (nSPS) is 15.8. The molecular weight excluding hydrogens is 212 g/mol. The zero-order chi connectivity index (χ0) is 12.1. The standard InChI is InChI=1S/C10H22N2O2S/c1-5-15(14)7-6-12-9(13)8(11)10(2,3)4/h8H,5-7,11H2,1-4H3,(H,12,13)/t8-,15?/m1/s1. The third kappa shape index (κ3) is 5.89. The Bertz CT molecular complexity index is 236. The highest BCUT2D eigenvalue weighted by Crippen LogP contribution is 2.16. The van der Waals surface area contributed by atoms with Crippen molar-refractivity contribution in [1.29, 1.82) is 0 Å². The molecule has 0 aromatic heterocycles. The van der Waals surface area contributed by atoms with Gasteiger partial charge in [0.25, 0.3) is 0 Å². The molecule has 0 saturated heterocycles. The molecule has 0 aromatic rings. The van der Waals surface area contributed by atoms with Gasteiger partial charge in [-0.2, -0.15) is 0 Å². The van der Waals surface area contributed by atoms with E-state index in [1.807, 2.05) is 27.7 Å². The summed E-state index contributed by atoms with van der Waals surface area (Å²) >= 11 is 0. The van der Waals surface area contributed by atoms with Gasteiger partial charge >= 0.3 is 0 Å². The minimum Gasteiger partial charge on any atom is -0.354 e. The Hall–Kier alpha value is -0.420. The van der Waals surface area contributed by atoms with Gasteiger partial charge in [-0.25, -0.2) is 0 Å². The van der Waals surface area contributed by atoms with Crippen LogP contribution >= 0.6 is 0 Å². The molecule has 0 saturated carbocycles. The largest absolute Gasteiger partial charge is 0.354 e. The van der Waals surface area contributed by atoms with Gasteiger partial charge in [0.1, 0.15) is 0 Å². The van der Waals surface area contributed by atoms with Crippen LogP contribution < -0.4 is 11.1 Å². The lowest BCUT2D eigenvalue weighted by atomic mass is 9.87. The average Bonchev–Trinajstić information content (AvgIpc) is 2.14. The lowest BCUT2D eigenvalue weighted by Crippen LogP contribution is -2.49. The Labute approximate surface area is 94.4 Å². The van der Waals surface area contributed by atoms with Crippen molar-refractivity contribution in [2.24, 2.45) is 11.1 Å². The average molecular weight is 234 g/mol. The summed E-state index contributed by atoms with van der Waals surface area (Å²) in [6.45, 7) is 8.05. The van der Waals surface area contributed by atoms with E-state index in [0.717, 1.165) is 0 Å². The molecule has 0 aliphatic rings. The van der Waals surface area contributed by atoms with Crippen molar-refractivity contribution in [1.82, 2.24) is 5.32 Å². The van der Waals surface area contributed by atoms with Gasteiger partial charge in [0.05, 0.1) is 6.04 Å². The van der Waals surface area contributed by atoms with Crippen molar-refractivity contribution >= 4 is 16.7 Å². The van der Waals surface area contributed by atoms with Gasteiger partial charge in [-0.05, 0) is 5.41 Å². The lowest BCUT2D eigenvalue weighted by Gasteiger charge is -2.25. The predicted octanol–water partition coefficient (Wildman–Crippen LogP) is 0.245. The van der Waals surface area contributed by atoms with E-state index in [1.165, 1.54) is 0 Å². The second-order valence-electron chi connectivity index (χ2n) is 4.57. The second kappa shape index (κ2) is 6.23. The molecule has 2 atom stereocenters. The molecule has 5 heteroatoms. The zero-order valence-corrected chi connectivity index (χ0v) is 10.8. The maximum Gasteiger partial charge on any atom is 0.237 e. The Balaban J connectivity index is 3.90. The van der Waals surface area contributed by atoms with E-state index in [1.54, 1.807) is 0 Å². The van der Waals surface area contributed by atoms with Crippen molar-refractivity contribution < 1.29 is 9.00 Å². The van der Waals surface area contributed by atoms with E-state index < -0.39 is 16.8 Å². The zero-order valence-electron chi connectivity index (χ0n) is 10.0. The van der Waals surface area contributed by atoms with Gasteiger partial charge in [-0.3, -0.25) is 9.00 Å². The van der Waals surface area contributed by atoms with E-state index in [-0.39, 0.29) is 11.3 Å². The molecule has 0 spiro atoms. The van der Waals surface area contributed by atoms with E-state index >= 15 is 0 Å². The molecule has 4 nitrogen and oxygen atoms in total. The van der Waals surface area contributed by atoms with Gasteiger partial charge in [0, 0.05) is 28.9 Å². The van der Waals surface area contributed by atoms with Crippen molar-refractivity contribution in [2.75, 3.05) is 18.1 Å². The minimum absolute atomic E-state index is 0.171. The molecule has 1 amide bonds. The molecule has 0 aliphatic carbocycles. The van der Waals surface area contributed by atoms with Gasteiger partial charge in [-0.1, -0.05) is 27.7 Å². The number of nitrogens with one attached hydrogen (secondary N) is 1. The molecule has 90 valence electrons. The van der Waals surface area contributed by atoms with Crippen molar-refractivity contribution in [3.05, 3.63) is 0 Å². The Morgan fingerprint density at radius 1 is 1.47 bits per heavy atom. The van der Waals surface area contributed by atoms with Crippen LogP contribution in [0.2, 0.25) is 0 Å². The second-order valence-corrected chi connectivity index (χ2v) is 6.43. The van der Waals surface area contributed by atoms with Crippen LogP contribution in [0.25, 0.3) is 0 Å². The third-order valence-corrected chi connectivity index (χ3v) is 3.47. The van der Waals surface area contributed by atoms with E-state index in [2.05, 4.69) is 5.32 Å². The Kier molecular flexibility index (Phi) is 6.05. The van der Waals surface area contributed by atoms with Crippen LogP contribution in [-0.2, 0) is 15.6 Å². The number of rotatable bonds is 5. The molecule has 0 bridgehead atoms. The number of carbonyl (C=O) groups excluding carboxylic acids is 1. The number of nitrogens with two attached hydrogens (primary N) is 1. The first-order chi connectivity index (χ1) is 6.79. The Morgan fingerprint density at radius 3 is 2.40 bits per heavy atom. The molecule has 0 heterocycles. The van der Waals surface area contributed by atoms with Crippen LogP contribution in [0, 0.1) is 5.41 Å². The molecule has 0 radical (unpaired) electrons. The summed E-state index contributed by atoms with van der Waals surface area (Å²) in [6, 6.07) is -0.521. The van der Waals surface area contributed by atoms with E-state index in [4.69, 9.17) is 5.73 Å². The lowest BCUT2D eigenvalue weighted by molar-refractivity contribution is -0.124. The highest BCUT2D eigenvalue weighted by atomic mass is 32.2. The topological polar surface area (TPSA) is 72.2 Å². The summed E-state index contributed by atoms with van der Waals surface area (Å²) in [7, 11) is -0.833. The summed E-state index contributed by atoms with van der Waals surface area (Å²) in [5.41, 5.74) is 5.51. The first kappa shape index (κ1) is 14.6. The summed E-state index contributed by atoms with van der Waals surface area (Å²) in [4.78, 5) is 11.5. The SMILES string of the molecule is CCS(=O)CCNC(=O)[C@@H](N)C(C)(C)C. The summed E-state index contributed by atoms with van der Waals surface area (Å²) in [6.07, 6.45) is 0. The maximum absolute atomic E-state index is 11.5. The summed E-state index contributed by atoms with van der Waals surface area (Å²) in [5.74, 6) is 0.955. The van der Waals surface area contributed by atoms with Crippen LogP contribution in [0.4, 0.5) is 0 Å². The molecule has 15 heavy (non-hydrogen) atoms. The first-order valence-electron chi connectivity index (χ1n) is 5.17. The van der Waals surface area contributed by atoms with Crippen molar-refractivity contribution in [2.45, 2.75) is 33.7 Å². The van der Waals surface area contributed by atoms with Crippen LogP contribution in [0.15, 0.2) is 0 Å². The van der Waals surface area contributed by atoms with Crippen LogP contribution in [-0.4, -0.2) is 34.2 Å². The fourth-order valence-corrected chi connectivity index (χ4v) is 1.55. The molecule has 3 N–H and O–H groups in total. The number of amides is 1. The highest BCUT2D eigenvalue weighted by Gasteiger charge is 2.26. The quantitative estimate of drug-likeness (QED) is 0.716. The van der Waals surface area contributed by atoms with Crippen LogP contribution in [0.3, 0.4) is 0 Å². The number of hydrogen-bond acceptors (Lipinski definition) is 3. The van der Waals surface area contributed by atoms with Crippen molar-refractivity contribution in [3.8, 4) is 0 Å². The number of carbonyl (C=O) groups is 1. The van der Waals surface area contributed by atoms with Crippen LogP contribution in [0.5, 0.6) is 0 Å². The summed E-state index contributed by atoms with van der Waals surface area (Å²) in [5, 5.41) is 2.70. The fraction of sp³-hybridized carbons (Fsp3) is 0.900. The highest BCUT2D eigenvalue weighted by molar-refractivity contribution is 7.84. The fourth-order valence-electron chi connectivity index (χ4n) is 0.936. The molecule has 0 aromatic carbocycles. The monoisotopic (exact) mass is 234 g/mol. The number of hydrogen-bond donors (Lipinski definition) is 2. The Morgan fingerprint density at radius 2 is 2.00 bits per heavy atom. The van der Waals surface area contributed by atoms with Gasteiger partial charge in [0.2, 0.25) is 5.91 Å². The summed E-state index contributed by atoms with van der Waals surface area (Å²) < 4.78 is 11.1. The van der Waals surface area contributed by atoms with Crippen molar-refractivity contribution in [3.63, 3.8) is 0 Å². The van der Waals surface area contributed by atoms with Gasteiger partial charge in [-0.15, -0.1) is 0 Å². The van der Waals surface area contributed by atoms with Gasteiger partial charge in [0.15, 0.2) is 0 Å². The first-order valence-corrected chi connectivity index (χ1v) is 6.66. The van der Waals surface area contributed by atoms with E-state index in [0.29, 0.717) is 18.1 Å². The molecule has 0 rings (SSSR count). The smallest absolute Gasteiger partial charge is 0.237 e.